The molecule has 4 heteroatoms. The standard InChI is InChI=1S/C8H10N2O2/c1-8(2)3-5(8)7-9-6(4-11)12-10-7/h4-5H,3H2,1-2H3. The van der Waals surface area contributed by atoms with Crippen LogP contribution in [0, 0.1) is 5.41 Å². The molecule has 1 atom stereocenters. The van der Waals surface area contributed by atoms with Crippen molar-refractivity contribution in [3.05, 3.63) is 11.7 Å². The van der Waals surface area contributed by atoms with E-state index in [1.807, 2.05) is 0 Å². The van der Waals surface area contributed by atoms with Crippen LogP contribution in [0.2, 0.25) is 0 Å². The van der Waals surface area contributed by atoms with Gasteiger partial charge in [0.1, 0.15) is 0 Å². The van der Waals surface area contributed by atoms with Crippen LogP contribution in [0.15, 0.2) is 4.52 Å². The predicted octanol–water partition coefficient (Wildman–Crippen LogP) is 1.40. The molecule has 0 aromatic carbocycles. The van der Waals surface area contributed by atoms with Gasteiger partial charge in [0.25, 0.3) is 5.89 Å². The highest BCUT2D eigenvalue weighted by Gasteiger charge is 2.49. The summed E-state index contributed by atoms with van der Waals surface area (Å²) in [5.41, 5.74) is 0.282. The van der Waals surface area contributed by atoms with E-state index in [0.29, 0.717) is 18.0 Å². The van der Waals surface area contributed by atoms with Crippen molar-refractivity contribution in [2.45, 2.75) is 26.2 Å². The van der Waals surface area contributed by atoms with Gasteiger partial charge >= 0.3 is 0 Å². The fraction of sp³-hybridized carbons (Fsp3) is 0.625. The van der Waals surface area contributed by atoms with Crippen LogP contribution in [-0.4, -0.2) is 16.4 Å². The molecule has 1 heterocycles. The van der Waals surface area contributed by atoms with E-state index in [1.54, 1.807) is 0 Å². The minimum Gasteiger partial charge on any atom is -0.331 e. The molecule has 12 heavy (non-hydrogen) atoms. The van der Waals surface area contributed by atoms with Gasteiger partial charge in [-0.1, -0.05) is 19.0 Å². The van der Waals surface area contributed by atoms with Gasteiger partial charge in [0, 0.05) is 5.92 Å². The molecular formula is C8H10N2O2. The zero-order valence-electron chi connectivity index (χ0n) is 7.07. The maximum Gasteiger partial charge on any atom is 0.290 e. The molecule has 1 aromatic rings. The molecule has 0 N–H and O–H groups in total. The van der Waals surface area contributed by atoms with Crippen molar-refractivity contribution >= 4 is 6.29 Å². The van der Waals surface area contributed by atoms with E-state index in [1.165, 1.54) is 0 Å². The number of carbonyl (C=O) groups is 1. The van der Waals surface area contributed by atoms with Crippen LogP contribution in [-0.2, 0) is 0 Å². The molecule has 0 bridgehead atoms. The first-order valence-corrected chi connectivity index (χ1v) is 3.92. The Hall–Kier alpha value is -1.19. The lowest BCUT2D eigenvalue weighted by Crippen LogP contribution is -1.92. The van der Waals surface area contributed by atoms with Gasteiger partial charge in [-0.05, 0) is 11.8 Å². The smallest absolute Gasteiger partial charge is 0.290 e. The molecule has 1 saturated carbocycles. The quantitative estimate of drug-likeness (QED) is 0.623. The molecule has 1 aliphatic carbocycles. The highest BCUT2D eigenvalue weighted by molar-refractivity contribution is 5.67. The van der Waals surface area contributed by atoms with Gasteiger partial charge in [0.05, 0.1) is 0 Å². The monoisotopic (exact) mass is 166 g/mol. The van der Waals surface area contributed by atoms with Gasteiger partial charge in [-0.25, -0.2) is 0 Å². The maximum atomic E-state index is 10.2. The number of nitrogens with zero attached hydrogens (tertiary/aromatic N) is 2. The number of rotatable bonds is 2. The Bertz CT molecular complexity index is 317. The molecule has 64 valence electrons. The summed E-state index contributed by atoms with van der Waals surface area (Å²) in [6.45, 7) is 4.29. The van der Waals surface area contributed by atoms with Crippen LogP contribution in [0.4, 0.5) is 0 Å². The lowest BCUT2D eigenvalue weighted by atomic mass is 10.1. The van der Waals surface area contributed by atoms with Gasteiger partial charge < -0.3 is 4.52 Å². The molecule has 0 amide bonds. The normalized spacial score (nSPS) is 25.3. The fourth-order valence-corrected chi connectivity index (χ4v) is 1.34. The SMILES string of the molecule is CC1(C)CC1c1noc(C=O)n1. The van der Waals surface area contributed by atoms with E-state index in [9.17, 15) is 4.79 Å². The summed E-state index contributed by atoms with van der Waals surface area (Å²) in [5, 5.41) is 3.73. The second-order valence-corrected chi connectivity index (χ2v) is 3.85. The Morgan fingerprint density at radius 2 is 2.33 bits per heavy atom. The third kappa shape index (κ3) is 1.03. The molecule has 4 nitrogen and oxygen atoms in total. The lowest BCUT2D eigenvalue weighted by molar-refractivity contribution is 0.108. The van der Waals surface area contributed by atoms with Gasteiger partial charge in [0.2, 0.25) is 6.29 Å². The number of aromatic nitrogens is 2. The summed E-state index contributed by atoms with van der Waals surface area (Å²) in [7, 11) is 0. The highest BCUT2D eigenvalue weighted by atomic mass is 16.5. The molecule has 1 fully saturated rings. The van der Waals surface area contributed by atoms with Gasteiger partial charge in [-0.3, -0.25) is 4.79 Å². The average molecular weight is 166 g/mol. The molecular weight excluding hydrogens is 156 g/mol. The van der Waals surface area contributed by atoms with Crippen LogP contribution in [0.25, 0.3) is 0 Å². The van der Waals surface area contributed by atoms with Crippen molar-refractivity contribution in [2.75, 3.05) is 0 Å². The van der Waals surface area contributed by atoms with Gasteiger partial charge in [0.15, 0.2) is 5.82 Å². The molecule has 1 aliphatic rings. The molecule has 2 rings (SSSR count). The van der Waals surface area contributed by atoms with E-state index in [-0.39, 0.29) is 11.3 Å². The van der Waals surface area contributed by atoms with E-state index < -0.39 is 0 Å². The van der Waals surface area contributed by atoms with Crippen LogP contribution in [0.1, 0.15) is 42.7 Å². The van der Waals surface area contributed by atoms with Crippen molar-refractivity contribution in [3.8, 4) is 0 Å². The van der Waals surface area contributed by atoms with Crippen LogP contribution >= 0.6 is 0 Å². The first-order chi connectivity index (χ1) is 5.63. The number of aldehydes is 1. The Labute approximate surface area is 70.0 Å². The summed E-state index contributed by atoms with van der Waals surface area (Å²) in [6, 6.07) is 0. The minimum atomic E-state index is 0.0766. The summed E-state index contributed by atoms with van der Waals surface area (Å²) in [4.78, 5) is 14.2. The van der Waals surface area contributed by atoms with Crippen molar-refractivity contribution in [1.82, 2.24) is 10.1 Å². The molecule has 1 aromatic heterocycles. The third-order valence-electron chi connectivity index (χ3n) is 2.38. The fourth-order valence-electron chi connectivity index (χ4n) is 1.34. The molecule has 0 spiro atoms. The minimum absolute atomic E-state index is 0.0766. The van der Waals surface area contributed by atoms with Gasteiger partial charge in [-0.2, -0.15) is 4.98 Å². The number of carbonyl (C=O) groups excluding carboxylic acids is 1. The Morgan fingerprint density at radius 3 is 2.75 bits per heavy atom. The third-order valence-corrected chi connectivity index (χ3v) is 2.38. The average Bonchev–Trinajstić information content (AvgIpc) is 2.52. The largest absolute Gasteiger partial charge is 0.331 e. The van der Waals surface area contributed by atoms with Crippen molar-refractivity contribution < 1.29 is 9.32 Å². The number of hydrogen-bond acceptors (Lipinski definition) is 4. The van der Waals surface area contributed by atoms with E-state index >= 15 is 0 Å². The van der Waals surface area contributed by atoms with Crippen LogP contribution in [0.3, 0.4) is 0 Å². The van der Waals surface area contributed by atoms with Crippen LogP contribution in [0.5, 0.6) is 0 Å². The summed E-state index contributed by atoms with van der Waals surface area (Å²) < 4.78 is 4.68. The Morgan fingerprint density at radius 1 is 1.67 bits per heavy atom. The summed E-state index contributed by atoms with van der Waals surface area (Å²) in [6.07, 6.45) is 1.65. The maximum absolute atomic E-state index is 10.2. The lowest BCUT2D eigenvalue weighted by Gasteiger charge is -1.95. The predicted molar refractivity (Wildman–Crippen MR) is 40.8 cm³/mol. The van der Waals surface area contributed by atoms with Crippen molar-refractivity contribution in [3.63, 3.8) is 0 Å². The van der Waals surface area contributed by atoms with E-state index in [0.717, 1.165) is 6.42 Å². The Balaban J connectivity index is 2.20. The van der Waals surface area contributed by atoms with E-state index in [2.05, 4.69) is 28.5 Å². The van der Waals surface area contributed by atoms with E-state index in [4.69, 9.17) is 0 Å². The molecule has 0 radical (unpaired) electrons. The first kappa shape index (κ1) is 7.46. The van der Waals surface area contributed by atoms with Crippen LogP contribution < -0.4 is 0 Å². The highest BCUT2D eigenvalue weighted by Crippen LogP contribution is 2.57. The van der Waals surface area contributed by atoms with Crippen molar-refractivity contribution in [1.29, 1.82) is 0 Å². The second-order valence-electron chi connectivity index (χ2n) is 3.85. The summed E-state index contributed by atoms with van der Waals surface area (Å²) in [5.74, 6) is 1.12. The Kier molecular flexibility index (Phi) is 1.34. The number of hydrogen-bond donors (Lipinski definition) is 0. The topological polar surface area (TPSA) is 56.0 Å². The zero-order chi connectivity index (χ0) is 8.77. The zero-order valence-corrected chi connectivity index (χ0v) is 7.07. The summed E-state index contributed by atoms with van der Waals surface area (Å²) >= 11 is 0. The first-order valence-electron chi connectivity index (χ1n) is 3.92. The van der Waals surface area contributed by atoms with Crippen molar-refractivity contribution in [2.24, 2.45) is 5.41 Å². The van der Waals surface area contributed by atoms with Gasteiger partial charge in [-0.15, -0.1) is 0 Å². The molecule has 0 saturated heterocycles. The second kappa shape index (κ2) is 2.15. The molecule has 1 unspecified atom stereocenters. The molecule has 0 aliphatic heterocycles.